The van der Waals surface area contributed by atoms with Crippen molar-refractivity contribution in [2.75, 3.05) is 0 Å². The molecule has 0 N–H and O–H groups in total. The second-order valence-corrected chi connectivity index (χ2v) is 12.2. The Morgan fingerprint density at radius 3 is 1.63 bits per heavy atom. The van der Waals surface area contributed by atoms with Crippen molar-refractivity contribution in [2.45, 2.75) is 0 Å². The first kappa shape index (κ1) is 14.0. The zero-order valence-electron chi connectivity index (χ0n) is 58.2. The molecule has 6 nitrogen and oxygen atoms in total. The largest absolute Gasteiger partial charge is 0.456 e. The van der Waals surface area contributed by atoms with Crippen LogP contribution in [0.4, 0.5) is 0 Å². The minimum Gasteiger partial charge on any atom is -0.456 e. The van der Waals surface area contributed by atoms with Gasteiger partial charge in [-0.2, -0.15) is 9.97 Å². The van der Waals surface area contributed by atoms with Gasteiger partial charge in [-0.1, -0.05) is 145 Å². The first-order valence-electron chi connectivity index (χ1n) is 31.7. The molecule has 12 rings (SSSR count). The van der Waals surface area contributed by atoms with E-state index in [9.17, 15) is 13.7 Å². The molecule has 4 heterocycles. The van der Waals surface area contributed by atoms with E-state index in [2.05, 4.69) is 15.0 Å². The average Bonchev–Trinajstić information content (AvgIpc) is 1.52. The molecule has 0 atom stereocenters. The van der Waals surface area contributed by atoms with E-state index < -0.39 is 292 Å². The van der Waals surface area contributed by atoms with Crippen molar-refractivity contribution in [3.8, 4) is 45.5 Å². The Bertz CT molecular complexity index is 5160. The van der Waals surface area contributed by atoms with Crippen molar-refractivity contribution in [2.24, 2.45) is 0 Å². The number of aromatic nitrogens is 5. The number of hydrogen-bond donors (Lipinski definition) is 0. The Kier molecular flexibility index (Phi) is 3.04. The summed E-state index contributed by atoms with van der Waals surface area (Å²) in [6.07, 6.45) is 0. The van der Waals surface area contributed by atoms with Crippen molar-refractivity contribution in [3.05, 3.63) is 187 Å². The van der Waals surface area contributed by atoms with Crippen molar-refractivity contribution in [3.63, 3.8) is 0 Å². The zero-order valence-corrected chi connectivity index (χ0v) is 28.2. The smallest absolute Gasteiger partial charge is 0.238 e. The third-order valence-corrected chi connectivity index (χ3v) is 9.05. The van der Waals surface area contributed by atoms with Gasteiger partial charge in [0.05, 0.1) is 68.9 Å². The van der Waals surface area contributed by atoms with Crippen LogP contribution in [0.2, 0.25) is 0 Å². The monoisotopic (exact) mass is 759 g/mol. The van der Waals surface area contributed by atoms with E-state index in [1.807, 2.05) is 0 Å². The summed E-state index contributed by atoms with van der Waals surface area (Å²) < 4.78 is 278. The Labute approximate surface area is 368 Å². The molecule has 0 saturated carbocycles. The fraction of sp³-hybridized carbons (Fsp3) is 0. The second kappa shape index (κ2) is 12.3. The maximum Gasteiger partial charge on any atom is 0.238 e. The van der Waals surface area contributed by atoms with E-state index in [1.54, 1.807) is 0 Å². The molecule has 0 amide bonds. The van der Waals surface area contributed by atoms with Crippen molar-refractivity contribution >= 4 is 65.6 Å². The Morgan fingerprint density at radius 1 is 0.386 bits per heavy atom. The molecular weight excluding hydrogens is 699 g/mol. The first-order valence-corrected chi connectivity index (χ1v) is 16.7. The summed E-state index contributed by atoms with van der Waals surface area (Å²) in [6, 6.07) is -25.7. The minimum absolute atomic E-state index is 0.402. The summed E-state index contributed by atoms with van der Waals surface area (Å²) in [5.74, 6) is -2.73. The Hall–Kier alpha value is -7.83. The van der Waals surface area contributed by atoms with Gasteiger partial charge >= 0.3 is 0 Å². The average molecular weight is 760 g/mol. The maximum atomic E-state index is 9.99. The normalized spacial score (nSPS) is 19.2. The van der Waals surface area contributed by atoms with Gasteiger partial charge in [-0.15, -0.1) is 0 Å². The summed E-state index contributed by atoms with van der Waals surface area (Å²) in [5.41, 5.74) is -7.39. The molecule has 0 aliphatic rings. The topological polar surface area (TPSA) is 61.7 Å². The summed E-state index contributed by atoms with van der Waals surface area (Å²) in [4.78, 5) is 13.4. The molecule has 57 heavy (non-hydrogen) atoms. The summed E-state index contributed by atoms with van der Waals surface area (Å²) in [5, 5.41) is -3.46. The lowest BCUT2D eigenvalue weighted by molar-refractivity contribution is 0.668. The van der Waals surface area contributed by atoms with Gasteiger partial charge in [-0.3, -0.25) is 4.57 Å². The van der Waals surface area contributed by atoms with Crippen LogP contribution in [0.15, 0.2) is 192 Å². The molecule has 0 bridgehead atoms. The van der Waals surface area contributed by atoms with Crippen molar-refractivity contribution in [1.29, 1.82) is 0 Å². The number of rotatable bonds is 5. The fourth-order valence-corrected chi connectivity index (χ4v) is 6.69. The molecule has 4 aromatic heterocycles. The van der Waals surface area contributed by atoms with Gasteiger partial charge in [0, 0.05) is 49.5 Å². The lowest BCUT2D eigenvalue weighted by Crippen LogP contribution is -2.07. The molecule has 0 spiro atoms. The van der Waals surface area contributed by atoms with E-state index in [4.69, 9.17) is 31.8 Å². The molecule has 0 aliphatic heterocycles. The van der Waals surface area contributed by atoms with Crippen molar-refractivity contribution < 1.29 is 45.5 Å². The SMILES string of the molecule is [2H]c1cc(-c2c([2H])c([2H])c3oc4c([2H])c(-n5c6c([2H])c([2H])c([2H])c([2H])c6c6c([2H])c([2H])c7c8c([2H])c([2H])c([2H])c([2H])c8n(-c8nc(-c9c([2H])c([2H])c([2H])c([2H])c9[2H])nc(-c9c([2H])c([2H])c([2H])c([2H])c9[2H])n8)c7c65)c([2H])c([2H])c4c3c2[2H])c([2H])c([2H])c1[2H]. The number of benzene rings is 8. The van der Waals surface area contributed by atoms with E-state index in [1.165, 1.54) is 0 Å². The molecule has 0 radical (unpaired) electrons. The summed E-state index contributed by atoms with van der Waals surface area (Å²) in [7, 11) is 0. The highest BCUT2D eigenvalue weighted by molar-refractivity contribution is 6.24. The highest BCUT2D eigenvalue weighted by Crippen LogP contribution is 2.42. The lowest BCUT2D eigenvalue weighted by Gasteiger charge is -2.13. The number of furan rings is 1. The van der Waals surface area contributed by atoms with Crippen LogP contribution >= 0.6 is 0 Å². The third-order valence-electron chi connectivity index (χ3n) is 9.05. The van der Waals surface area contributed by atoms with Crippen LogP contribution in [-0.2, 0) is 0 Å². The van der Waals surface area contributed by atoms with Gasteiger partial charge in [0.15, 0.2) is 11.6 Å². The molecule has 0 fully saturated rings. The highest BCUT2D eigenvalue weighted by Gasteiger charge is 2.24. The van der Waals surface area contributed by atoms with Crippen LogP contribution in [0.25, 0.3) is 111 Å². The van der Waals surface area contributed by atoms with Crippen LogP contribution in [0.5, 0.6) is 0 Å². The quantitative estimate of drug-likeness (QED) is 0.175. The number of nitrogens with zero attached hydrogens (tertiary/aromatic N) is 5. The number of para-hydroxylation sites is 2. The molecular formula is C51H31N5O. The van der Waals surface area contributed by atoms with Gasteiger partial charge < -0.3 is 8.98 Å². The van der Waals surface area contributed by atoms with Crippen molar-refractivity contribution in [1.82, 2.24) is 24.1 Å². The minimum atomic E-state index is -1.03. The van der Waals surface area contributed by atoms with E-state index >= 15 is 0 Å². The van der Waals surface area contributed by atoms with E-state index in [-0.39, 0.29) is 0 Å². The van der Waals surface area contributed by atoms with Crippen LogP contribution in [0.3, 0.4) is 0 Å². The predicted molar refractivity (Wildman–Crippen MR) is 232 cm³/mol. The standard InChI is InChI=1S/C51H31N5O/c1-4-14-32(15-5-1)35-24-29-45-42(30-35)39-26-25-36(31-46(39)57-45)55-43-22-12-10-20-37(43)40-27-28-41-38-21-11-13-23-44(38)56(48(41)47(40)55)51-53-49(33-16-6-2-7-17-33)52-50(54-51)34-18-8-3-9-19-34/h1-31H/i1D,2D,3D,4D,5D,6D,7D,8D,9D,10D,11D,12D,13D,14D,16D,17D,18D,19D,20D,21D,22D,23D,24D,25D,26D,27D,28D,29D,30D,31D. The van der Waals surface area contributed by atoms with Crippen LogP contribution < -0.4 is 0 Å². The molecule has 6 heteroatoms. The Balaban J connectivity index is 1.36. The molecule has 0 saturated heterocycles. The van der Waals surface area contributed by atoms with Gasteiger partial charge in [-0.25, -0.2) is 4.98 Å². The van der Waals surface area contributed by atoms with Gasteiger partial charge in [-0.05, 0) is 47.4 Å². The van der Waals surface area contributed by atoms with Gasteiger partial charge in [0.25, 0.3) is 0 Å². The predicted octanol–water partition coefficient (Wildman–Crippen LogP) is 13.0. The third kappa shape index (κ3) is 4.87. The Morgan fingerprint density at radius 2 is 0.947 bits per heavy atom. The molecule has 12 aromatic rings. The van der Waals surface area contributed by atoms with Crippen LogP contribution in [0, 0.1) is 0 Å². The fourth-order valence-electron chi connectivity index (χ4n) is 6.69. The van der Waals surface area contributed by atoms with Gasteiger partial charge in [0.1, 0.15) is 11.2 Å². The summed E-state index contributed by atoms with van der Waals surface area (Å²) >= 11 is 0. The first-order chi connectivity index (χ1) is 40.7. The number of fused-ring (bicyclic) bond motifs is 10. The second-order valence-electron chi connectivity index (χ2n) is 12.2. The van der Waals surface area contributed by atoms with Gasteiger partial charge in [0.2, 0.25) is 5.95 Å². The molecule has 266 valence electrons. The molecule has 8 aromatic carbocycles. The van der Waals surface area contributed by atoms with E-state index in [0.717, 1.165) is 15.2 Å². The lowest BCUT2D eigenvalue weighted by atomic mass is 10.0. The number of hydrogen-bond acceptors (Lipinski definition) is 4. The van der Waals surface area contributed by atoms with Crippen LogP contribution in [0.1, 0.15) is 41.1 Å². The van der Waals surface area contributed by atoms with Crippen LogP contribution in [-0.4, -0.2) is 24.1 Å². The summed E-state index contributed by atoms with van der Waals surface area (Å²) in [6.45, 7) is 0. The molecule has 0 unspecified atom stereocenters. The highest BCUT2D eigenvalue weighted by atomic mass is 16.3. The molecule has 0 aliphatic carbocycles. The maximum absolute atomic E-state index is 9.99. The zero-order chi connectivity index (χ0) is 63.6. The van der Waals surface area contributed by atoms with E-state index in [0.29, 0.717) is 0 Å².